The zero-order chi connectivity index (χ0) is 15.6. The molecule has 21 heavy (non-hydrogen) atoms. The molecule has 1 aromatic heterocycles. The van der Waals surface area contributed by atoms with E-state index in [4.69, 9.17) is 9.84 Å². The molecular weight excluding hydrogens is 276 g/mol. The molecule has 7 nitrogen and oxygen atoms in total. The summed E-state index contributed by atoms with van der Waals surface area (Å²) >= 11 is 0. The first-order valence-corrected chi connectivity index (χ1v) is 6.17. The van der Waals surface area contributed by atoms with Crippen molar-refractivity contribution in [2.24, 2.45) is 0 Å². The number of carbonyl (C=O) groups excluding carboxylic acids is 2. The predicted octanol–water partition coefficient (Wildman–Crippen LogP) is 0.948. The Morgan fingerprint density at radius 3 is 2.67 bits per heavy atom. The number of hydrogen-bond acceptors (Lipinski definition) is 4. The molecule has 1 heterocycles. The molecule has 0 fully saturated rings. The highest BCUT2D eigenvalue weighted by molar-refractivity contribution is 6.45. The van der Waals surface area contributed by atoms with Gasteiger partial charge in [0.15, 0.2) is 0 Å². The number of carbonyl (C=O) groups is 3. The van der Waals surface area contributed by atoms with E-state index in [-0.39, 0.29) is 5.56 Å². The van der Waals surface area contributed by atoms with Gasteiger partial charge in [0.25, 0.3) is 11.7 Å². The van der Waals surface area contributed by atoms with E-state index in [0.717, 1.165) is 0 Å². The van der Waals surface area contributed by atoms with Crippen molar-refractivity contribution in [3.63, 3.8) is 0 Å². The molecule has 0 unspecified atom stereocenters. The van der Waals surface area contributed by atoms with Crippen molar-refractivity contribution in [1.82, 2.24) is 10.3 Å². The number of aromatic nitrogens is 1. The molecule has 1 aromatic carbocycles. The minimum absolute atomic E-state index is 0.166. The molecule has 0 radical (unpaired) electrons. The number of fused-ring (bicyclic) bond motifs is 1. The normalized spacial score (nSPS) is 11.9. The summed E-state index contributed by atoms with van der Waals surface area (Å²) in [5, 5.41) is 11.4. The highest BCUT2D eigenvalue weighted by Crippen LogP contribution is 2.23. The quantitative estimate of drug-likeness (QED) is 0.561. The van der Waals surface area contributed by atoms with Crippen LogP contribution in [-0.4, -0.2) is 40.9 Å². The fraction of sp³-hybridized carbons (Fsp3) is 0.214. The average molecular weight is 290 g/mol. The number of carboxylic acids is 1. The van der Waals surface area contributed by atoms with Gasteiger partial charge in [0.05, 0.1) is 12.7 Å². The Morgan fingerprint density at radius 1 is 1.33 bits per heavy atom. The molecule has 2 aromatic rings. The second-order valence-electron chi connectivity index (χ2n) is 4.48. The number of hydrogen-bond donors (Lipinski definition) is 3. The van der Waals surface area contributed by atoms with Crippen molar-refractivity contribution in [2.75, 3.05) is 7.11 Å². The van der Waals surface area contributed by atoms with Crippen molar-refractivity contribution >= 4 is 28.6 Å². The fourth-order valence-electron chi connectivity index (χ4n) is 1.86. The van der Waals surface area contributed by atoms with Crippen molar-refractivity contribution < 1.29 is 24.2 Å². The van der Waals surface area contributed by atoms with E-state index in [0.29, 0.717) is 16.7 Å². The van der Waals surface area contributed by atoms with Crippen LogP contribution in [0, 0.1) is 0 Å². The number of ether oxygens (including phenoxy) is 1. The number of carboxylic acid groups (broad SMARTS) is 1. The fourth-order valence-corrected chi connectivity index (χ4v) is 1.86. The van der Waals surface area contributed by atoms with Gasteiger partial charge >= 0.3 is 5.97 Å². The molecule has 2 rings (SSSR count). The maximum atomic E-state index is 12.1. The monoisotopic (exact) mass is 290 g/mol. The predicted molar refractivity (Wildman–Crippen MR) is 74.4 cm³/mol. The third-order valence-corrected chi connectivity index (χ3v) is 3.06. The molecule has 0 saturated carbocycles. The van der Waals surface area contributed by atoms with Gasteiger partial charge in [0.1, 0.15) is 11.8 Å². The summed E-state index contributed by atoms with van der Waals surface area (Å²) in [5.41, 5.74) is 0.845. The number of ketones is 1. The zero-order valence-corrected chi connectivity index (χ0v) is 11.5. The molecule has 110 valence electrons. The molecule has 0 aliphatic heterocycles. The average Bonchev–Trinajstić information content (AvgIpc) is 2.88. The number of Topliss-reactive ketones (excluding diaryl/α,β-unsaturated/α-hetero) is 1. The lowest BCUT2D eigenvalue weighted by molar-refractivity contribution is -0.140. The molecule has 0 bridgehead atoms. The Bertz CT molecular complexity index is 719. The molecule has 0 aliphatic rings. The number of benzene rings is 1. The maximum Gasteiger partial charge on any atom is 0.325 e. The second-order valence-corrected chi connectivity index (χ2v) is 4.48. The molecule has 1 atom stereocenters. The number of H-pyrrole nitrogens is 1. The zero-order valence-electron chi connectivity index (χ0n) is 11.5. The van der Waals surface area contributed by atoms with E-state index < -0.39 is 23.7 Å². The van der Waals surface area contributed by atoms with Gasteiger partial charge in [0, 0.05) is 17.1 Å². The van der Waals surface area contributed by atoms with Crippen LogP contribution in [0.4, 0.5) is 0 Å². The van der Waals surface area contributed by atoms with Crippen LogP contribution < -0.4 is 10.1 Å². The van der Waals surface area contributed by atoms with Gasteiger partial charge in [-0.05, 0) is 25.1 Å². The standard InChI is InChI=1S/C14H14N2O5/c1-7(14(19)20)16-13(18)12(17)10-6-15-11-4-3-8(21-2)5-9(10)11/h3-7,15H,1-2H3,(H,16,18)(H,19,20)/t7-/m0/s1. The van der Waals surface area contributed by atoms with Crippen molar-refractivity contribution in [2.45, 2.75) is 13.0 Å². The number of aromatic amines is 1. The second kappa shape index (κ2) is 5.66. The van der Waals surface area contributed by atoms with Gasteiger partial charge in [-0.25, -0.2) is 0 Å². The van der Waals surface area contributed by atoms with E-state index in [1.807, 2.05) is 0 Å². The Balaban J connectivity index is 2.31. The summed E-state index contributed by atoms with van der Waals surface area (Å²) < 4.78 is 5.08. The van der Waals surface area contributed by atoms with Gasteiger partial charge in [-0.15, -0.1) is 0 Å². The Morgan fingerprint density at radius 2 is 2.05 bits per heavy atom. The van der Waals surface area contributed by atoms with Crippen molar-refractivity contribution in [1.29, 1.82) is 0 Å². The summed E-state index contributed by atoms with van der Waals surface area (Å²) in [5.74, 6) is -2.43. The van der Waals surface area contributed by atoms with Crippen LogP contribution in [0.1, 0.15) is 17.3 Å². The van der Waals surface area contributed by atoms with Crippen molar-refractivity contribution in [3.05, 3.63) is 30.0 Å². The van der Waals surface area contributed by atoms with E-state index >= 15 is 0 Å². The lowest BCUT2D eigenvalue weighted by atomic mass is 10.1. The SMILES string of the molecule is COc1ccc2[nH]cc(C(=O)C(=O)N[C@@H](C)C(=O)O)c2c1. The number of amides is 1. The number of rotatable bonds is 5. The summed E-state index contributed by atoms with van der Waals surface area (Å²) in [6.07, 6.45) is 1.41. The largest absolute Gasteiger partial charge is 0.497 e. The van der Waals surface area contributed by atoms with E-state index in [1.54, 1.807) is 18.2 Å². The van der Waals surface area contributed by atoms with Crippen LogP contribution in [0.25, 0.3) is 10.9 Å². The summed E-state index contributed by atoms with van der Waals surface area (Å²) in [7, 11) is 1.50. The third-order valence-electron chi connectivity index (χ3n) is 3.06. The maximum absolute atomic E-state index is 12.1. The molecule has 0 aliphatic carbocycles. The van der Waals surface area contributed by atoms with Gasteiger partial charge in [-0.1, -0.05) is 0 Å². The molecule has 7 heteroatoms. The number of nitrogens with one attached hydrogen (secondary N) is 2. The Labute approximate surface area is 119 Å². The van der Waals surface area contributed by atoms with Crippen LogP contribution in [0.2, 0.25) is 0 Å². The highest BCUT2D eigenvalue weighted by Gasteiger charge is 2.23. The van der Waals surface area contributed by atoms with Gasteiger partial charge in [-0.3, -0.25) is 14.4 Å². The van der Waals surface area contributed by atoms with E-state index in [9.17, 15) is 14.4 Å². The summed E-state index contributed by atoms with van der Waals surface area (Å²) in [6.45, 7) is 1.28. The Kier molecular flexibility index (Phi) is 3.93. The lowest BCUT2D eigenvalue weighted by Gasteiger charge is -2.08. The summed E-state index contributed by atoms with van der Waals surface area (Å²) in [6, 6.07) is 3.94. The molecular formula is C14H14N2O5. The molecule has 0 saturated heterocycles. The van der Waals surface area contributed by atoms with Crippen LogP contribution in [0.15, 0.2) is 24.4 Å². The smallest absolute Gasteiger partial charge is 0.325 e. The number of aliphatic carboxylic acids is 1. The molecule has 0 spiro atoms. The Hall–Kier alpha value is -2.83. The first-order chi connectivity index (χ1) is 9.93. The minimum atomic E-state index is -1.21. The van der Waals surface area contributed by atoms with Gasteiger partial charge < -0.3 is 20.1 Å². The van der Waals surface area contributed by atoms with Crippen molar-refractivity contribution in [3.8, 4) is 5.75 Å². The number of methoxy groups -OCH3 is 1. The molecule has 3 N–H and O–H groups in total. The highest BCUT2D eigenvalue weighted by atomic mass is 16.5. The van der Waals surface area contributed by atoms with Crippen LogP contribution >= 0.6 is 0 Å². The first-order valence-electron chi connectivity index (χ1n) is 6.17. The van der Waals surface area contributed by atoms with Crippen LogP contribution in [-0.2, 0) is 9.59 Å². The van der Waals surface area contributed by atoms with E-state index in [2.05, 4.69) is 10.3 Å². The van der Waals surface area contributed by atoms with Crippen LogP contribution in [0.5, 0.6) is 5.75 Å². The van der Waals surface area contributed by atoms with Gasteiger partial charge in [0.2, 0.25) is 0 Å². The first kappa shape index (κ1) is 14.6. The van der Waals surface area contributed by atoms with Gasteiger partial charge in [-0.2, -0.15) is 0 Å². The minimum Gasteiger partial charge on any atom is -0.497 e. The van der Waals surface area contributed by atoms with E-state index in [1.165, 1.54) is 20.2 Å². The third kappa shape index (κ3) is 2.86. The summed E-state index contributed by atoms with van der Waals surface area (Å²) in [4.78, 5) is 37.5. The molecule has 1 amide bonds. The van der Waals surface area contributed by atoms with Crippen LogP contribution in [0.3, 0.4) is 0 Å². The topological polar surface area (TPSA) is 108 Å². The lowest BCUT2D eigenvalue weighted by Crippen LogP contribution is -2.41.